The van der Waals surface area contributed by atoms with Gasteiger partial charge < -0.3 is 10.1 Å². The number of amides is 1. The van der Waals surface area contributed by atoms with Crippen LogP contribution >= 0.6 is 0 Å². The van der Waals surface area contributed by atoms with E-state index < -0.39 is 16.1 Å². The highest BCUT2D eigenvalue weighted by Gasteiger charge is 2.20. The zero-order chi connectivity index (χ0) is 23.3. The first kappa shape index (κ1) is 22.4. The van der Waals surface area contributed by atoms with Crippen molar-refractivity contribution < 1.29 is 17.9 Å². The molecule has 4 aromatic rings. The average Bonchev–Trinajstić information content (AvgIpc) is 2.83. The largest absolute Gasteiger partial charge is 0.481 e. The molecule has 0 spiro atoms. The third-order valence-electron chi connectivity index (χ3n) is 5.12. The monoisotopic (exact) mass is 460 g/mol. The highest BCUT2D eigenvalue weighted by atomic mass is 32.2. The second-order valence-electron chi connectivity index (χ2n) is 7.51. The quantitative estimate of drug-likeness (QED) is 0.367. The fourth-order valence-electron chi connectivity index (χ4n) is 3.39. The normalized spacial score (nSPS) is 12.2. The summed E-state index contributed by atoms with van der Waals surface area (Å²) >= 11 is 0. The molecule has 6 nitrogen and oxygen atoms in total. The van der Waals surface area contributed by atoms with Crippen molar-refractivity contribution in [3.05, 3.63) is 97.1 Å². The molecule has 0 aliphatic heterocycles. The van der Waals surface area contributed by atoms with E-state index in [0.717, 1.165) is 10.8 Å². The van der Waals surface area contributed by atoms with Crippen LogP contribution in [-0.4, -0.2) is 20.4 Å². The molecule has 0 aliphatic carbocycles. The molecule has 0 bridgehead atoms. The van der Waals surface area contributed by atoms with Gasteiger partial charge in [0.2, 0.25) is 0 Å². The second kappa shape index (κ2) is 9.75. The summed E-state index contributed by atoms with van der Waals surface area (Å²) in [5.74, 6) is 0.313. The zero-order valence-corrected chi connectivity index (χ0v) is 18.9. The number of anilines is 2. The minimum absolute atomic E-state index is 0.101. The molecule has 0 saturated heterocycles. The number of ether oxygens (including phenoxy) is 1. The van der Waals surface area contributed by atoms with E-state index in [1.807, 2.05) is 55.5 Å². The molecule has 0 radical (unpaired) electrons. The van der Waals surface area contributed by atoms with Gasteiger partial charge >= 0.3 is 0 Å². The van der Waals surface area contributed by atoms with E-state index in [2.05, 4.69) is 10.0 Å². The lowest BCUT2D eigenvalue weighted by atomic mass is 10.1. The molecular weight excluding hydrogens is 436 g/mol. The van der Waals surface area contributed by atoms with Crippen molar-refractivity contribution in [2.45, 2.75) is 24.3 Å². The van der Waals surface area contributed by atoms with Crippen molar-refractivity contribution >= 4 is 38.1 Å². The van der Waals surface area contributed by atoms with Crippen LogP contribution in [0, 0.1) is 0 Å². The van der Waals surface area contributed by atoms with Gasteiger partial charge in [0.05, 0.1) is 4.90 Å². The Morgan fingerprint density at radius 1 is 0.818 bits per heavy atom. The Hall–Kier alpha value is -3.84. The molecule has 0 aromatic heterocycles. The minimum Gasteiger partial charge on any atom is -0.481 e. The van der Waals surface area contributed by atoms with E-state index in [0.29, 0.717) is 23.5 Å². The van der Waals surface area contributed by atoms with Gasteiger partial charge in [-0.15, -0.1) is 0 Å². The number of fused-ring (bicyclic) bond motifs is 1. The molecule has 7 heteroatoms. The fourth-order valence-corrected chi connectivity index (χ4v) is 4.45. The third kappa shape index (κ3) is 5.51. The number of carbonyl (C=O) groups excluding carboxylic acids is 1. The summed E-state index contributed by atoms with van der Waals surface area (Å²) in [5, 5.41) is 4.93. The molecule has 0 aliphatic rings. The molecule has 168 valence electrons. The number of hydrogen-bond acceptors (Lipinski definition) is 4. The highest BCUT2D eigenvalue weighted by Crippen LogP contribution is 2.23. The zero-order valence-electron chi connectivity index (χ0n) is 18.1. The molecule has 33 heavy (non-hydrogen) atoms. The number of nitrogens with one attached hydrogen (secondary N) is 2. The summed E-state index contributed by atoms with van der Waals surface area (Å²) in [6, 6.07) is 28.3. The summed E-state index contributed by atoms with van der Waals surface area (Å²) in [5.41, 5.74) is 0.964. The van der Waals surface area contributed by atoms with Crippen LogP contribution in [0.15, 0.2) is 102 Å². The van der Waals surface area contributed by atoms with E-state index in [9.17, 15) is 13.2 Å². The maximum absolute atomic E-state index is 12.8. The molecule has 0 heterocycles. The topological polar surface area (TPSA) is 84.5 Å². The predicted octanol–water partition coefficient (Wildman–Crippen LogP) is 5.44. The Morgan fingerprint density at radius 2 is 1.48 bits per heavy atom. The van der Waals surface area contributed by atoms with Crippen LogP contribution in [0.1, 0.15) is 13.3 Å². The van der Waals surface area contributed by atoms with Crippen LogP contribution in [0.4, 0.5) is 11.4 Å². The van der Waals surface area contributed by atoms with Crippen molar-refractivity contribution in [3.8, 4) is 5.75 Å². The molecule has 1 amide bonds. The van der Waals surface area contributed by atoms with E-state index in [-0.39, 0.29) is 10.8 Å². The van der Waals surface area contributed by atoms with Gasteiger partial charge in [-0.05, 0) is 65.7 Å². The number of sulfonamides is 1. The SMILES string of the molecule is CC[C@@H](Oc1ccc2ccccc2c1)C(=O)Nc1ccc(S(=O)(=O)Nc2ccccc2)cc1. The smallest absolute Gasteiger partial charge is 0.265 e. The molecule has 4 aromatic carbocycles. The van der Waals surface area contributed by atoms with E-state index in [1.54, 1.807) is 36.4 Å². The summed E-state index contributed by atoms with van der Waals surface area (Å²) in [6.07, 6.45) is -0.208. The van der Waals surface area contributed by atoms with E-state index in [4.69, 9.17) is 4.74 Å². The number of benzene rings is 4. The Labute approximate surface area is 193 Å². The van der Waals surface area contributed by atoms with Crippen LogP contribution in [-0.2, 0) is 14.8 Å². The molecule has 2 N–H and O–H groups in total. The van der Waals surface area contributed by atoms with Gasteiger partial charge in [0.1, 0.15) is 5.75 Å². The number of para-hydroxylation sites is 1. The van der Waals surface area contributed by atoms with Crippen LogP contribution in [0.2, 0.25) is 0 Å². The molecule has 0 saturated carbocycles. The van der Waals surface area contributed by atoms with Crippen molar-refractivity contribution in [2.24, 2.45) is 0 Å². The Kier molecular flexibility index (Phi) is 6.60. The molecule has 4 rings (SSSR count). The lowest BCUT2D eigenvalue weighted by Gasteiger charge is -2.18. The predicted molar refractivity (Wildman–Crippen MR) is 131 cm³/mol. The maximum atomic E-state index is 12.8. The summed E-state index contributed by atoms with van der Waals surface area (Å²) in [4.78, 5) is 12.9. The van der Waals surface area contributed by atoms with Gasteiger partial charge in [0.25, 0.3) is 15.9 Å². The van der Waals surface area contributed by atoms with Gasteiger partial charge in [-0.1, -0.05) is 55.5 Å². The van der Waals surface area contributed by atoms with E-state index >= 15 is 0 Å². The summed E-state index contributed by atoms with van der Waals surface area (Å²) in [6.45, 7) is 1.87. The standard InChI is InChI=1S/C26H24N2O4S/c1-2-25(32-23-15-12-19-8-6-7-9-20(19)18-23)26(29)27-21-13-16-24(17-14-21)33(30,31)28-22-10-4-3-5-11-22/h3-18,25,28H,2H2,1H3,(H,27,29)/t25-/m1/s1. The number of rotatable bonds is 8. The molecule has 1 atom stereocenters. The molecular formula is C26H24N2O4S. The lowest BCUT2D eigenvalue weighted by molar-refractivity contribution is -0.122. The van der Waals surface area contributed by atoms with Gasteiger partial charge in [-0.2, -0.15) is 0 Å². The Balaban J connectivity index is 1.42. The van der Waals surface area contributed by atoms with Gasteiger partial charge in [0.15, 0.2) is 6.10 Å². The first-order chi connectivity index (χ1) is 15.9. The van der Waals surface area contributed by atoms with Gasteiger partial charge in [-0.3, -0.25) is 9.52 Å². The van der Waals surface area contributed by atoms with Crippen molar-refractivity contribution in [1.29, 1.82) is 0 Å². The molecule has 0 fully saturated rings. The van der Waals surface area contributed by atoms with Gasteiger partial charge in [-0.25, -0.2) is 8.42 Å². The van der Waals surface area contributed by atoms with Crippen LogP contribution in [0.25, 0.3) is 10.8 Å². The second-order valence-corrected chi connectivity index (χ2v) is 9.19. The molecule has 0 unspecified atom stereocenters. The fraction of sp³-hybridized carbons (Fsp3) is 0.115. The number of hydrogen-bond donors (Lipinski definition) is 2. The lowest BCUT2D eigenvalue weighted by Crippen LogP contribution is -2.32. The van der Waals surface area contributed by atoms with Gasteiger partial charge in [0, 0.05) is 11.4 Å². The first-order valence-electron chi connectivity index (χ1n) is 10.6. The maximum Gasteiger partial charge on any atom is 0.265 e. The van der Waals surface area contributed by atoms with Crippen LogP contribution in [0.3, 0.4) is 0 Å². The average molecular weight is 461 g/mol. The Morgan fingerprint density at radius 3 is 2.18 bits per heavy atom. The summed E-state index contributed by atoms with van der Waals surface area (Å²) < 4.78 is 33.6. The van der Waals surface area contributed by atoms with Crippen LogP contribution < -0.4 is 14.8 Å². The minimum atomic E-state index is -3.73. The van der Waals surface area contributed by atoms with Crippen molar-refractivity contribution in [1.82, 2.24) is 0 Å². The Bertz CT molecular complexity index is 1350. The van der Waals surface area contributed by atoms with Crippen molar-refractivity contribution in [3.63, 3.8) is 0 Å². The number of carbonyl (C=O) groups is 1. The third-order valence-corrected chi connectivity index (χ3v) is 6.52. The summed E-state index contributed by atoms with van der Waals surface area (Å²) in [7, 11) is -3.73. The van der Waals surface area contributed by atoms with E-state index in [1.165, 1.54) is 12.1 Å². The highest BCUT2D eigenvalue weighted by molar-refractivity contribution is 7.92. The van der Waals surface area contributed by atoms with Crippen LogP contribution in [0.5, 0.6) is 5.75 Å². The van der Waals surface area contributed by atoms with Crippen molar-refractivity contribution in [2.75, 3.05) is 10.0 Å². The first-order valence-corrected chi connectivity index (χ1v) is 12.1.